The summed E-state index contributed by atoms with van der Waals surface area (Å²) in [6.45, 7) is 9.25. The van der Waals surface area contributed by atoms with Crippen LogP contribution in [0.4, 0.5) is 39.8 Å². The molecule has 12 heteroatoms. The molecule has 1 aliphatic rings. The molecule has 1 fully saturated rings. The Labute approximate surface area is 233 Å². The van der Waals surface area contributed by atoms with E-state index in [0.717, 1.165) is 56.8 Å². The number of alkyl halides is 3. The molecule has 0 radical (unpaired) electrons. The topological polar surface area (TPSA) is 71.2 Å². The summed E-state index contributed by atoms with van der Waals surface area (Å²) < 4.78 is 39.8. The van der Waals surface area contributed by atoms with Crippen LogP contribution in [0.5, 0.6) is 0 Å². The minimum absolute atomic E-state index is 0.146. The van der Waals surface area contributed by atoms with Gasteiger partial charge in [0.15, 0.2) is 0 Å². The standard InChI is InChI=1S/C27H37F3N6O2S/c1-3-34(4-2)24-13-11-23(12-14-24)32-26(38)36(39)20-19-35(18-17-33-15-5-6-16-33)25(37)31-22-9-7-21(8-10-22)27(28,29)30/h7-14,39H,3-6,15-20H2,1-2H3,(H,31,37)(H,32,38). The van der Waals surface area contributed by atoms with Gasteiger partial charge in [0.1, 0.15) is 0 Å². The Bertz CT molecular complexity index is 1060. The number of halogens is 3. The number of rotatable bonds is 11. The zero-order valence-corrected chi connectivity index (χ0v) is 23.3. The minimum atomic E-state index is -4.45. The number of urea groups is 2. The smallest absolute Gasteiger partial charge is 0.372 e. The van der Waals surface area contributed by atoms with E-state index in [0.29, 0.717) is 18.8 Å². The molecular formula is C27H37F3N6O2S. The van der Waals surface area contributed by atoms with Crippen LogP contribution in [0.2, 0.25) is 0 Å². The van der Waals surface area contributed by atoms with E-state index in [-0.39, 0.29) is 18.8 Å². The number of nitrogens with one attached hydrogen (secondary N) is 2. The van der Waals surface area contributed by atoms with Crippen molar-refractivity contribution in [2.45, 2.75) is 32.9 Å². The van der Waals surface area contributed by atoms with Gasteiger partial charge in [0, 0.05) is 49.8 Å². The first-order valence-corrected chi connectivity index (χ1v) is 13.6. The minimum Gasteiger partial charge on any atom is -0.372 e. The third-order valence-corrected chi connectivity index (χ3v) is 7.08. The van der Waals surface area contributed by atoms with Crippen LogP contribution in [-0.2, 0) is 6.18 Å². The van der Waals surface area contributed by atoms with Crippen molar-refractivity contribution in [3.63, 3.8) is 0 Å². The molecule has 3 rings (SSSR count). The summed E-state index contributed by atoms with van der Waals surface area (Å²) in [4.78, 5) is 31.7. The number of hydrogen-bond acceptors (Lipinski definition) is 5. The molecule has 214 valence electrons. The first kappa shape index (κ1) is 30.4. The number of nitrogens with zero attached hydrogens (tertiary/aromatic N) is 4. The molecule has 0 spiro atoms. The van der Waals surface area contributed by atoms with Gasteiger partial charge in [0.05, 0.1) is 12.1 Å². The van der Waals surface area contributed by atoms with Crippen LogP contribution >= 0.6 is 12.8 Å². The van der Waals surface area contributed by atoms with Crippen LogP contribution in [0, 0.1) is 0 Å². The van der Waals surface area contributed by atoms with E-state index in [1.54, 1.807) is 4.90 Å². The molecule has 1 aliphatic heterocycles. The van der Waals surface area contributed by atoms with Gasteiger partial charge < -0.3 is 25.3 Å². The molecule has 1 saturated heterocycles. The van der Waals surface area contributed by atoms with Gasteiger partial charge in [-0.25, -0.2) is 9.59 Å². The number of benzene rings is 2. The van der Waals surface area contributed by atoms with Crippen LogP contribution < -0.4 is 15.5 Å². The average Bonchev–Trinajstić information content (AvgIpc) is 3.43. The molecule has 2 aromatic rings. The summed E-state index contributed by atoms with van der Waals surface area (Å²) in [6, 6.07) is 11.0. The third-order valence-electron chi connectivity index (χ3n) is 6.70. The van der Waals surface area contributed by atoms with Gasteiger partial charge >= 0.3 is 18.2 Å². The Morgan fingerprint density at radius 3 is 1.92 bits per heavy atom. The molecule has 0 aliphatic carbocycles. The van der Waals surface area contributed by atoms with E-state index in [1.165, 1.54) is 16.4 Å². The lowest BCUT2D eigenvalue weighted by molar-refractivity contribution is -0.137. The van der Waals surface area contributed by atoms with Gasteiger partial charge in [-0.2, -0.15) is 13.2 Å². The molecule has 0 saturated carbocycles. The van der Waals surface area contributed by atoms with Crippen molar-refractivity contribution in [2.75, 3.05) is 67.9 Å². The predicted molar refractivity (Wildman–Crippen MR) is 152 cm³/mol. The molecule has 39 heavy (non-hydrogen) atoms. The van der Waals surface area contributed by atoms with Crippen molar-refractivity contribution in [1.82, 2.24) is 14.1 Å². The molecule has 2 aromatic carbocycles. The Morgan fingerprint density at radius 1 is 0.846 bits per heavy atom. The van der Waals surface area contributed by atoms with Crippen LogP contribution in [-0.4, -0.2) is 78.5 Å². The molecule has 0 bridgehead atoms. The molecule has 0 aromatic heterocycles. The number of likely N-dealkylation sites (tertiary alicyclic amines) is 1. The normalized spacial score (nSPS) is 13.7. The molecule has 2 N–H and O–H groups in total. The number of carbonyl (C=O) groups excluding carboxylic acids is 2. The maximum atomic E-state index is 13.0. The van der Waals surface area contributed by atoms with Crippen molar-refractivity contribution in [1.29, 1.82) is 0 Å². The van der Waals surface area contributed by atoms with Crippen molar-refractivity contribution in [3.05, 3.63) is 54.1 Å². The Balaban J connectivity index is 1.58. The van der Waals surface area contributed by atoms with E-state index < -0.39 is 23.8 Å². The maximum absolute atomic E-state index is 13.0. The highest BCUT2D eigenvalue weighted by Gasteiger charge is 2.30. The van der Waals surface area contributed by atoms with E-state index in [1.807, 2.05) is 24.3 Å². The quantitative estimate of drug-likeness (QED) is 0.298. The van der Waals surface area contributed by atoms with Gasteiger partial charge in [-0.3, -0.25) is 4.31 Å². The Hall–Kier alpha value is -3.12. The number of thiol groups is 1. The molecule has 8 nitrogen and oxygen atoms in total. The molecule has 1 heterocycles. The average molecular weight is 567 g/mol. The second kappa shape index (κ2) is 14.3. The maximum Gasteiger partial charge on any atom is 0.416 e. The van der Waals surface area contributed by atoms with Gasteiger partial charge in [0.25, 0.3) is 0 Å². The van der Waals surface area contributed by atoms with E-state index in [4.69, 9.17) is 0 Å². The summed E-state index contributed by atoms with van der Waals surface area (Å²) in [7, 11) is 0. The van der Waals surface area contributed by atoms with Gasteiger partial charge in [-0.05, 0) is 88.3 Å². The highest BCUT2D eigenvalue weighted by atomic mass is 32.1. The number of hydrogen-bond donors (Lipinski definition) is 3. The van der Waals surface area contributed by atoms with Gasteiger partial charge in [0.2, 0.25) is 0 Å². The molecule has 0 unspecified atom stereocenters. The largest absolute Gasteiger partial charge is 0.416 e. The van der Waals surface area contributed by atoms with Gasteiger partial charge in [-0.1, -0.05) is 12.8 Å². The summed E-state index contributed by atoms with van der Waals surface area (Å²) in [5, 5.41) is 5.47. The SMILES string of the molecule is CCN(CC)c1ccc(NC(=O)N(S)CCN(CCN2CCCC2)C(=O)Nc2ccc(C(F)(F)F)cc2)cc1. The van der Waals surface area contributed by atoms with Crippen molar-refractivity contribution in [2.24, 2.45) is 0 Å². The van der Waals surface area contributed by atoms with E-state index in [2.05, 4.69) is 47.1 Å². The predicted octanol–water partition coefficient (Wildman–Crippen LogP) is 5.86. The fourth-order valence-electron chi connectivity index (χ4n) is 4.38. The molecule has 0 atom stereocenters. The second-order valence-electron chi connectivity index (χ2n) is 9.31. The summed E-state index contributed by atoms with van der Waals surface area (Å²) >= 11 is 4.31. The summed E-state index contributed by atoms with van der Waals surface area (Å²) in [5.41, 5.74) is 1.16. The van der Waals surface area contributed by atoms with Crippen molar-refractivity contribution >= 4 is 41.9 Å². The first-order chi connectivity index (χ1) is 18.6. The number of amides is 4. The highest BCUT2D eigenvalue weighted by molar-refractivity contribution is 7.78. The lowest BCUT2D eigenvalue weighted by atomic mass is 10.2. The summed E-state index contributed by atoms with van der Waals surface area (Å²) in [6.07, 6.45) is -2.23. The third kappa shape index (κ3) is 9.24. The zero-order chi connectivity index (χ0) is 28.4. The molecule has 4 amide bonds. The second-order valence-corrected chi connectivity index (χ2v) is 9.80. The Kier molecular flexibility index (Phi) is 11.2. The lowest BCUT2D eigenvalue weighted by Crippen LogP contribution is -2.44. The number of carbonyl (C=O) groups is 2. The fraction of sp³-hybridized carbons (Fsp3) is 0.481. The lowest BCUT2D eigenvalue weighted by Gasteiger charge is -2.27. The first-order valence-electron chi connectivity index (χ1n) is 13.2. The van der Waals surface area contributed by atoms with E-state index in [9.17, 15) is 22.8 Å². The van der Waals surface area contributed by atoms with Gasteiger partial charge in [-0.15, -0.1) is 0 Å². The monoisotopic (exact) mass is 566 g/mol. The molecular weight excluding hydrogens is 529 g/mol. The Morgan fingerprint density at radius 2 is 1.38 bits per heavy atom. The highest BCUT2D eigenvalue weighted by Crippen LogP contribution is 2.30. The van der Waals surface area contributed by atoms with Crippen molar-refractivity contribution < 1.29 is 22.8 Å². The van der Waals surface area contributed by atoms with E-state index >= 15 is 0 Å². The summed E-state index contributed by atoms with van der Waals surface area (Å²) in [5.74, 6) is 0. The fourth-order valence-corrected chi connectivity index (χ4v) is 4.52. The van der Waals surface area contributed by atoms with Crippen molar-refractivity contribution in [3.8, 4) is 0 Å². The van der Waals surface area contributed by atoms with Crippen LogP contribution in [0.1, 0.15) is 32.3 Å². The van der Waals surface area contributed by atoms with Crippen LogP contribution in [0.15, 0.2) is 48.5 Å². The van der Waals surface area contributed by atoms with Crippen LogP contribution in [0.3, 0.4) is 0 Å². The number of anilines is 3. The van der Waals surface area contributed by atoms with Crippen LogP contribution in [0.25, 0.3) is 0 Å². The zero-order valence-electron chi connectivity index (χ0n) is 22.4.